The number of hydrogen-bond donors (Lipinski definition) is 2. The number of amides is 2. The molecule has 2 saturated heterocycles. The van der Waals surface area contributed by atoms with Crippen LogP contribution in [-0.2, 0) is 9.59 Å². The van der Waals surface area contributed by atoms with Gasteiger partial charge in [0.2, 0.25) is 11.8 Å². The van der Waals surface area contributed by atoms with Crippen molar-refractivity contribution < 1.29 is 14.7 Å². The number of carbonyl (C=O) groups is 2. The molecule has 0 radical (unpaired) electrons. The van der Waals surface area contributed by atoms with Crippen molar-refractivity contribution in [2.45, 2.75) is 69.9 Å². The molecule has 170 valence electrons. The van der Waals surface area contributed by atoms with Gasteiger partial charge >= 0.3 is 0 Å². The van der Waals surface area contributed by atoms with Gasteiger partial charge in [-0.1, -0.05) is 0 Å². The fourth-order valence-electron chi connectivity index (χ4n) is 5.85. The lowest BCUT2D eigenvalue weighted by Crippen LogP contribution is -2.50. The Morgan fingerprint density at radius 2 is 1.91 bits per heavy atom. The number of likely N-dealkylation sites (tertiary alicyclic amines) is 1. The predicted octanol–water partition coefficient (Wildman–Crippen LogP) is 3.03. The minimum atomic E-state index is -0.375. The van der Waals surface area contributed by atoms with Crippen molar-refractivity contribution in [2.75, 3.05) is 29.9 Å². The van der Waals surface area contributed by atoms with Crippen LogP contribution < -0.4 is 10.2 Å². The largest absolute Gasteiger partial charge is 0.393 e. The summed E-state index contributed by atoms with van der Waals surface area (Å²) in [5.41, 5.74) is 1.68. The van der Waals surface area contributed by atoms with Crippen LogP contribution in [0.5, 0.6) is 0 Å². The molecule has 0 aromatic heterocycles. The molecule has 2 aliphatic carbocycles. The number of nitrogens with one attached hydrogen (secondary N) is 1. The molecule has 2 heterocycles. The Balaban J connectivity index is 1.31. The van der Waals surface area contributed by atoms with Crippen molar-refractivity contribution in [3.05, 3.63) is 23.8 Å². The lowest BCUT2D eigenvalue weighted by molar-refractivity contribution is -0.139. The molecule has 0 bridgehead atoms. The van der Waals surface area contributed by atoms with Gasteiger partial charge in [-0.3, -0.25) is 9.59 Å². The van der Waals surface area contributed by atoms with Crippen LogP contribution in [-0.4, -0.2) is 53.6 Å². The molecular weight excluding hydrogens is 404 g/mol. The highest BCUT2D eigenvalue weighted by Gasteiger charge is 2.50. The average molecular weight is 437 g/mol. The van der Waals surface area contributed by atoms with Crippen LogP contribution in [0.15, 0.2) is 18.2 Å². The third-order valence-corrected chi connectivity index (χ3v) is 7.90. The van der Waals surface area contributed by atoms with E-state index in [0.29, 0.717) is 17.8 Å². The first kappa shape index (κ1) is 21.3. The zero-order chi connectivity index (χ0) is 22.3. The molecule has 0 unspecified atom stereocenters. The van der Waals surface area contributed by atoms with Gasteiger partial charge in [0, 0.05) is 37.3 Å². The van der Waals surface area contributed by atoms with Crippen LogP contribution in [0.4, 0.5) is 11.4 Å². The number of anilines is 2. The molecule has 2 N–H and O–H groups in total. The minimum absolute atomic E-state index is 0.0328. The summed E-state index contributed by atoms with van der Waals surface area (Å²) < 4.78 is 0. The smallest absolute Gasteiger partial charge is 0.230 e. The Labute approximate surface area is 189 Å². The zero-order valence-electron chi connectivity index (χ0n) is 18.6. The lowest BCUT2D eigenvalue weighted by Gasteiger charge is -2.41. The fraction of sp³-hybridized carbons (Fsp3) is 0.640. The number of aliphatic hydroxyl groups excluding tert-OH is 1. The van der Waals surface area contributed by atoms with E-state index in [9.17, 15) is 20.0 Å². The third kappa shape index (κ3) is 3.97. The van der Waals surface area contributed by atoms with E-state index in [1.54, 1.807) is 6.07 Å². The van der Waals surface area contributed by atoms with Crippen LogP contribution in [0.3, 0.4) is 0 Å². The number of nitriles is 1. The highest BCUT2D eigenvalue weighted by molar-refractivity contribution is 5.94. The van der Waals surface area contributed by atoms with Gasteiger partial charge < -0.3 is 20.2 Å². The number of aliphatic hydroxyl groups is 1. The van der Waals surface area contributed by atoms with Gasteiger partial charge in [0.15, 0.2) is 0 Å². The van der Waals surface area contributed by atoms with Gasteiger partial charge in [0.05, 0.1) is 22.8 Å². The summed E-state index contributed by atoms with van der Waals surface area (Å²) in [6.07, 6.45) is 7.68. The first-order valence-corrected chi connectivity index (χ1v) is 12.1. The summed E-state index contributed by atoms with van der Waals surface area (Å²) in [7, 11) is 0. The number of nitrogens with zero attached hydrogens (tertiary/aromatic N) is 3. The van der Waals surface area contributed by atoms with E-state index >= 15 is 0 Å². The minimum Gasteiger partial charge on any atom is -0.393 e. The maximum atomic E-state index is 13.6. The Bertz CT molecular complexity index is 945. The van der Waals surface area contributed by atoms with Crippen LogP contribution in [0.2, 0.25) is 0 Å². The van der Waals surface area contributed by atoms with Gasteiger partial charge in [-0.05, 0) is 76.0 Å². The van der Waals surface area contributed by atoms with Crippen molar-refractivity contribution >= 4 is 23.2 Å². The monoisotopic (exact) mass is 436 g/mol. The molecule has 5 rings (SSSR count). The van der Waals surface area contributed by atoms with E-state index in [1.807, 2.05) is 12.1 Å². The van der Waals surface area contributed by atoms with Crippen molar-refractivity contribution in [1.29, 1.82) is 5.26 Å². The van der Waals surface area contributed by atoms with Crippen molar-refractivity contribution in [2.24, 2.45) is 11.3 Å². The molecule has 2 saturated carbocycles. The molecule has 2 aliphatic heterocycles. The SMILES string of the molecule is N#Cc1cc(NC(=O)C2CC2)ccc1N1CCC[C@]2(CCN([C@H]3CC[C@H](O)CC3)C2=O)C1. The normalized spacial score (nSPS) is 30.4. The van der Waals surface area contributed by atoms with Gasteiger partial charge in [-0.15, -0.1) is 0 Å². The van der Waals surface area contributed by atoms with Crippen LogP contribution in [0.1, 0.15) is 63.4 Å². The zero-order valence-corrected chi connectivity index (χ0v) is 18.6. The number of piperidine rings is 1. The molecule has 1 spiro atoms. The van der Waals surface area contributed by atoms with Gasteiger partial charge in [-0.25, -0.2) is 0 Å². The Hall–Kier alpha value is -2.59. The molecule has 1 atom stereocenters. The molecule has 4 aliphatic rings. The fourth-order valence-corrected chi connectivity index (χ4v) is 5.85. The third-order valence-electron chi connectivity index (χ3n) is 7.90. The van der Waals surface area contributed by atoms with E-state index < -0.39 is 0 Å². The van der Waals surface area contributed by atoms with Gasteiger partial charge in [0.25, 0.3) is 0 Å². The Morgan fingerprint density at radius 1 is 1.12 bits per heavy atom. The highest BCUT2D eigenvalue weighted by Crippen LogP contribution is 2.44. The number of carbonyl (C=O) groups excluding carboxylic acids is 2. The summed E-state index contributed by atoms with van der Waals surface area (Å²) >= 11 is 0. The van der Waals surface area contributed by atoms with Crippen molar-refractivity contribution in [3.63, 3.8) is 0 Å². The standard InChI is InChI=1S/C25H32N4O3/c26-15-18-14-19(27-23(31)17-2-3-17)4-9-22(18)28-12-1-10-25(16-28)11-13-29(24(25)32)20-5-7-21(30)8-6-20/h4,9,14,17,20-21,30H,1-3,5-8,10-13,16H2,(H,27,31)/t20-,21-,25-/m0/s1. The second-order valence-electron chi connectivity index (χ2n) is 10.1. The van der Waals surface area contributed by atoms with E-state index in [0.717, 1.165) is 76.6 Å². The molecule has 4 fully saturated rings. The Morgan fingerprint density at radius 3 is 2.62 bits per heavy atom. The number of rotatable bonds is 4. The van der Waals surface area contributed by atoms with Crippen molar-refractivity contribution in [3.8, 4) is 6.07 Å². The molecule has 7 nitrogen and oxygen atoms in total. The first-order chi connectivity index (χ1) is 15.5. The lowest BCUT2D eigenvalue weighted by atomic mass is 9.78. The summed E-state index contributed by atoms with van der Waals surface area (Å²) in [6.45, 7) is 2.26. The summed E-state index contributed by atoms with van der Waals surface area (Å²) in [4.78, 5) is 29.9. The van der Waals surface area contributed by atoms with Crippen LogP contribution in [0.25, 0.3) is 0 Å². The van der Waals surface area contributed by atoms with Gasteiger partial charge in [-0.2, -0.15) is 5.26 Å². The second-order valence-corrected chi connectivity index (χ2v) is 10.1. The van der Waals surface area contributed by atoms with E-state index in [-0.39, 0.29) is 35.3 Å². The maximum Gasteiger partial charge on any atom is 0.230 e. The maximum absolute atomic E-state index is 13.6. The second kappa shape index (κ2) is 8.40. The summed E-state index contributed by atoms with van der Waals surface area (Å²) in [5, 5.41) is 22.5. The van der Waals surface area contributed by atoms with Crippen molar-refractivity contribution in [1.82, 2.24) is 4.90 Å². The topological polar surface area (TPSA) is 96.7 Å². The quantitative estimate of drug-likeness (QED) is 0.756. The molecule has 7 heteroatoms. The van der Waals surface area contributed by atoms with E-state index in [1.165, 1.54) is 0 Å². The summed E-state index contributed by atoms with van der Waals surface area (Å²) in [6, 6.07) is 8.09. The summed E-state index contributed by atoms with van der Waals surface area (Å²) in [5.74, 6) is 0.409. The average Bonchev–Trinajstić information content (AvgIpc) is 3.61. The number of benzene rings is 1. The predicted molar refractivity (Wildman–Crippen MR) is 121 cm³/mol. The van der Waals surface area contributed by atoms with E-state index in [2.05, 4.69) is 21.2 Å². The molecule has 2 amide bonds. The first-order valence-electron chi connectivity index (χ1n) is 12.1. The highest BCUT2D eigenvalue weighted by atomic mass is 16.3. The van der Waals surface area contributed by atoms with E-state index in [4.69, 9.17) is 0 Å². The number of hydrogen-bond acceptors (Lipinski definition) is 5. The Kier molecular flexibility index (Phi) is 5.58. The van der Waals surface area contributed by atoms with Crippen LogP contribution >= 0.6 is 0 Å². The molecule has 32 heavy (non-hydrogen) atoms. The van der Waals surface area contributed by atoms with Crippen LogP contribution in [0, 0.1) is 22.7 Å². The molecule has 1 aromatic carbocycles. The molecular formula is C25H32N4O3. The van der Waals surface area contributed by atoms with Gasteiger partial charge in [0.1, 0.15) is 6.07 Å². The molecule has 1 aromatic rings.